The van der Waals surface area contributed by atoms with Gasteiger partial charge in [-0.15, -0.1) is 24.8 Å². The van der Waals surface area contributed by atoms with Gasteiger partial charge in [0.1, 0.15) is 0 Å². The normalized spacial score (nSPS) is 33.2. The molecule has 1 saturated carbocycles. The molecule has 0 bridgehead atoms. The second kappa shape index (κ2) is 6.89. The van der Waals surface area contributed by atoms with Crippen molar-refractivity contribution >= 4 is 24.8 Å². The van der Waals surface area contributed by atoms with Gasteiger partial charge in [0, 0.05) is 12.1 Å². The molecule has 2 aliphatic rings. The summed E-state index contributed by atoms with van der Waals surface area (Å²) in [6, 6.07) is 1.33. The minimum atomic E-state index is 0. The maximum Gasteiger partial charge on any atom is 0.0111 e. The van der Waals surface area contributed by atoms with Gasteiger partial charge in [-0.2, -0.15) is 0 Å². The number of hydrogen-bond acceptors (Lipinski definition) is 2. The molecule has 1 heterocycles. The van der Waals surface area contributed by atoms with E-state index in [1.54, 1.807) is 0 Å². The minimum absolute atomic E-state index is 0. The summed E-state index contributed by atoms with van der Waals surface area (Å²) in [4.78, 5) is 2.66. The second-order valence-corrected chi connectivity index (χ2v) is 4.32. The number of nitrogens with two attached hydrogens (primary N) is 1. The van der Waals surface area contributed by atoms with Gasteiger partial charge in [0.15, 0.2) is 0 Å². The standard InChI is InChI=1S/C10H20N2.2ClH/c11-9-4-5-10(8-9)12-6-2-1-3-7-12;;/h9-10H,1-8,11H2;2*1H. The lowest BCUT2D eigenvalue weighted by atomic mass is 10.1. The van der Waals surface area contributed by atoms with Crippen LogP contribution in [0.15, 0.2) is 0 Å². The first-order valence-corrected chi connectivity index (χ1v) is 5.36. The summed E-state index contributed by atoms with van der Waals surface area (Å²) in [6.45, 7) is 2.66. The molecule has 2 unspecified atom stereocenters. The molecule has 0 aromatic carbocycles. The van der Waals surface area contributed by atoms with Gasteiger partial charge in [-0.3, -0.25) is 0 Å². The van der Waals surface area contributed by atoms with Crippen LogP contribution in [-0.2, 0) is 0 Å². The molecular weight excluding hydrogens is 219 g/mol. The first kappa shape index (κ1) is 14.5. The Morgan fingerprint density at radius 2 is 1.57 bits per heavy atom. The lowest BCUT2D eigenvalue weighted by Crippen LogP contribution is -2.38. The molecule has 0 radical (unpaired) electrons. The Hall–Kier alpha value is 0.500. The van der Waals surface area contributed by atoms with Crippen LogP contribution in [0.3, 0.4) is 0 Å². The Morgan fingerprint density at radius 1 is 0.929 bits per heavy atom. The van der Waals surface area contributed by atoms with Crippen LogP contribution >= 0.6 is 24.8 Å². The first-order chi connectivity index (χ1) is 5.86. The summed E-state index contributed by atoms with van der Waals surface area (Å²) in [5.74, 6) is 0. The van der Waals surface area contributed by atoms with Crippen LogP contribution in [0.2, 0.25) is 0 Å². The Balaban J connectivity index is 0.000000845. The van der Waals surface area contributed by atoms with Crippen LogP contribution in [-0.4, -0.2) is 30.1 Å². The van der Waals surface area contributed by atoms with Crippen LogP contribution in [0.1, 0.15) is 38.5 Å². The molecule has 86 valence electrons. The van der Waals surface area contributed by atoms with E-state index in [9.17, 15) is 0 Å². The van der Waals surface area contributed by atoms with Gasteiger partial charge >= 0.3 is 0 Å². The van der Waals surface area contributed by atoms with Crippen molar-refractivity contribution in [3.8, 4) is 0 Å². The van der Waals surface area contributed by atoms with E-state index in [0.717, 1.165) is 6.04 Å². The predicted molar refractivity (Wildman–Crippen MR) is 65.5 cm³/mol. The molecule has 2 atom stereocenters. The van der Waals surface area contributed by atoms with Gasteiger partial charge in [0.05, 0.1) is 0 Å². The van der Waals surface area contributed by atoms with Crippen LogP contribution in [0.25, 0.3) is 0 Å². The Labute approximate surface area is 99.4 Å². The number of likely N-dealkylation sites (tertiary alicyclic amines) is 1. The fraction of sp³-hybridized carbons (Fsp3) is 1.00. The molecule has 1 aliphatic heterocycles. The maximum absolute atomic E-state index is 5.91. The zero-order chi connectivity index (χ0) is 8.39. The third kappa shape index (κ3) is 3.58. The van der Waals surface area contributed by atoms with Crippen LogP contribution in [0.5, 0.6) is 0 Å². The number of halogens is 2. The highest BCUT2D eigenvalue weighted by Gasteiger charge is 2.27. The van der Waals surface area contributed by atoms with Gasteiger partial charge < -0.3 is 10.6 Å². The van der Waals surface area contributed by atoms with Crippen molar-refractivity contribution in [1.82, 2.24) is 4.90 Å². The first-order valence-electron chi connectivity index (χ1n) is 5.36. The number of rotatable bonds is 1. The summed E-state index contributed by atoms with van der Waals surface area (Å²) >= 11 is 0. The molecule has 0 spiro atoms. The van der Waals surface area contributed by atoms with Crippen LogP contribution in [0, 0.1) is 0 Å². The highest BCUT2D eigenvalue weighted by atomic mass is 35.5. The average Bonchev–Trinajstić information content (AvgIpc) is 2.54. The zero-order valence-electron chi connectivity index (χ0n) is 8.65. The largest absolute Gasteiger partial charge is 0.328 e. The van der Waals surface area contributed by atoms with Gasteiger partial charge in [-0.25, -0.2) is 0 Å². The second-order valence-electron chi connectivity index (χ2n) is 4.32. The molecule has 14 heavy (non-hydrogen) atoms. The lowest BCUT2D eigenvalue weighted by Gasteiger charge is -2.32. The molecule has 0 aromatic rings. The van der Waals surface area contributed by atoms with Gasteiger partial charge in [0.2, 0.25) is 0 Å². The van der Waals surface area contributed by atoms with Crippen molar-refractivity contribution < 1.29 is 0 Å². The summed E-state index contributed by atoms with van der Waals surface area (Å²) < 4.78 is 0. The molecule has 2 fully saturated rings. The zero-order valence-corrected chi connectivity index (χ0v) is 10.3. The molecule has 1 aliphatic carbocycles. The summed E-state index contributed by atoms with van der Waals surface area (Å²) in [6.07, 6.45) is 8.11. The van der Waals surface area contributed by atoms with E-state index in [-0.39, 0.29) is 24.8 Å². The third-order valence-corrected chi connectivity index (χ3v) is 3.35. The van der Waals surface area contributed by atoms with E-state index >= 15 is 0 Å². The smallest absolute Gasteiger partial charge is 0.0111 e. The Kier molecular flexibility index (Phi) is 7.13. The monoisotopic (exact) mass is 240 g/mol. The van der Waals surface area contributed by atoms with E-state index in [1.807, 2.05) is 0 Å². The van der Waals surface area contributed by atoms with Gasteiger partial charge in [-0.1, -0.05) is 6.42 Å². The lowest BCUT2D eigenvalue weighted by molar-refractivity contribution is 0.164. The van der Waals surface area contributed by atoms with Crippen molar-refractivity contribution in [3.05, 3.63) is 0 Å². The van der Waals surface area contributed by atoms with Crippen molar-refractivity contribution in [1.29, 1.82) is 0 Å². The van der Waals surface area contributed by atoms with Crippen LogP contribution in [0.4, 0.5) is 0 Å². The van der Waals surface area contributed by atoms with E-state index < -0.39 is 0 Å². The number of piperidine rings is 1. The minimum Gasteiger partial charge on any atom is -0.328 e. The summed E-state index contributed by atoms with van der Waals surface area (Å²) in [5.41, 5.74) is 5.91. The topological polar surface area (TPSA) is 29.3 Å². The molecule has 2 nitrogen and oxygen atoms in total. The van der Waals surface area contributed by atoms with Crippen molar-refractivity contribution in [2.24, 2.45) is 5.73 Å². The van der Waals surface area contributed by atoms with E-state index in [2.05, 4.69) is 4.90 Å². The summed E-state index contributed by atoms with van der Waals surface area (Å²) in [5, 5.41) is 0. The van der Waals surface area contributed by atoms with Crippen molar-refractivity contribution in [2.75, 3.05) is 13.1 Å². The molecule has 0 amide bonds. The van der Waals surface area contributed by atoms with E-state index in [4.69, 9.17) is 5.73 Å². The van der Waals surface area contributed by atoms with Crippen molar-refractivity contribution in [2.45, 2.75) is 50.6 Å². The Morgan fingerprint density at radius 3 is 2.07 bits per heavy atom. The highest BCUT2D eigenvalue weighted by Crippen LogP contribution is 2.25. The Bertz CT molecular complexity index is 146. The highest BCUT2D eigenvalue weighted by molar-refractivity contribution is 5.85. The van der Waals surface area contributed by atoms with Crippen molar-refractivity contribution in [3.63, 3.8) is 0 Å². The van der Waals surface area contributed by atoms with Gasteiger partial charge in [0.25, 0.3) is 0 Å². The molecular formula is C10H22Cl2N2. The van der Waals surface area contributed by atoms with E-state index in [1.165, 1.54) is 51.6 Å². The maximum atomic E-state index is 5.91. The number of hydrogen-bond donors (Lipinski definition) is 1. The molecule has 1 saturated heterocycles. The number of nitrogens with zero attached hydrogens (tertiary/aromatic N) is 1. The fourth-order valence-corrected chi connectivity index (χ4v) is 2.61. The van der Waals surface area contributed by atoms with Crippen LogP contribution < -0.4 is 5.73 Å². The molecule has 2 rings (SSSR count). The quantitative estimate of drug-likeness (QED) is 0.762. The SMILES string of the molecule is Cl.Cl.NC1CCC(N2CCCCC2)C1. The molecule has 2 N–H and O–H groups in total. The predicted octanol–water partition coefficient (Wildman–Crippen LogP) is 2.20. The molecule has 0 aromatic heterocycles. The summed E-state index contributed by atoms with van der Waals surface area (Å²) in [7, 11) is 0. The van der Waals surface area contributed by atoms with E-state index in [0.29, 0.717) is 6.04 Å². The third-order valence-electron chi connectivity index (χ3n) is 3.35. The fourth-order valence-electron chi connectivity index (χ4n) is 2.61. The van der Waals surface area contributed by atoms with Gasteiger partial charge in [-0.05, 0) is 45.2 Å². The average molecular weight is 241 g/mol. The molecule has 4 heteroatoms.